The molecule has 3 aliphatic rings. The highest BCUT2D eigenvalue weighted by Crippen LogP contribution is 2.34. The molecule has 0 saturated carbocycles. The molecule has 0 unspecified atom stereocenters. The van der Waals surface area contributed by atoms with Gasteiger partial charge in [-0.25, -0.2) is 4.98 Å². The zero-order chi connectivity index (χ0) is 17.3. The molecule has 3 aliphatic heterocycles. The standard InChI is InChI=1S/C19H17N5S2.3ClH/c1-2-5-15-10-24-16(12-26-19(24)22-8-13(15)4-1)11-25-18-21-9-14-6-3-7-20-17(14)23-18;;;/h1-7,12H,8-11H2,(H,20,21,23);3*1H. The summed E-state index contributed by atoms with van der Waals surface area (Å²) in [5.74, 6) is 1.79. The van der Waals surface area contributed by atoms with Crippen molar-refractivity contribution in [2.45, 2.75) is 19.6 Å². The smallest absolute Gasteiger partial charge is 0.168 e. The molecule has 0 saturated heterocycles. The fourth-order valence-electron chi connectivity index (χ4n) is 3.16. The molecule has 5 rings (SSSR count). The fourth-order valence-corrected chi connectivity index (χ4v) is 5.02. The van der Waals surface area contributed by atoms with E-state index in [1.165, 1.54) is 16.8 Å². The molecule has 1 aromatic carbocycles. The second-order valence-electron chi connectivity index (χ2n) is 6.23. The van der Waals surface area contributed by atoms with Gasteiger partial charge in [0.1, 0.15) is 5.82 Å². The quantitative estimate of drug-likeness (QED) is 0.620. The number of nitrogens with one attached hydrogen (secondary N) is 1. The summed E-state index contributed by atoms with van der Waals surface area (Å²) < 4.78 is 0. The number of halogens is 3. The highest BCUT2D eigenvalue weighted by molar-refractivity contribution is 8.17. The molecule has 0 spiro atoms. The summed E-state index contributed by atoms with van der Waals surface area (Å²) in [7, 11) is 0. The van der Waals surface area contributed by atoms with Crippen LogP contribution in [0.25, 0.3) is 0 Å². The average molecular weight is 489 g/mol. The maximum Gasteiger partial charge on any atom is 0.168 e. The molecule has 0 atom stereocenters. The zero-order valence-corrected chi connectivity index (χ0v) is 19.4. The van der Waals surface area contributed by atoms with Crippen LogP contribution in [-0.2, 0) is 19.6 Å². The van der Waals surface area contributed by atoms with Crippen molar-refractivity contribution in [2.75, 3.05) is 11.1 Å². The number of thioether (sulfide) groups is 2. The van der Waals surface area contributed by atoms with Crippen LogP contribution in [0.5, 0.6) is 0 Å². The van der Waals surface area contributed by atoms with Crippen LogP contribution in [0.15, 0.2) is 63.7 Å². The summed E-state index contributed by atoms with van der Waals surface area (Å²) in [6, 6.07) is 12.6. The van der Waals surface area contributed by atoms with Crippen LogP contribution in [0.1, 0.15) is 16.7 Å². The molecule has 0 fully saturated rings. The second-order valence-corrected chi connectivity index (χ2v) is 8.03. The van der Waals surface area contributed by atoms with Crippen LogP contribution in [0.3, 0.4) is 0 Å². The minimum atomic E-state index is 0. The Morgan fingerprint density at radius 1 is 0.966 bits per heavy atom. The van der Waals surface area contributed by atoms with E-state index in [0.29, 0.717) is 6.54 Å². The lowest BCUT2D eigenvalue weighted by Gasteiger charge is -2.22. The lowest BCUT2D eigenvalue weighted by atomic mass is 10.1. The van der Waals surface area contributed by atoms with E-state index >= 15 is 0 Å². The van der Waals surface area contributed by atoms with E-state index in [1.807, 2.05) is 12.3 Å². The molecular formula is C19H20Cl3N5S2. The SMILES string of the molecule is C1=C(CSC2=NCc3cccnc3N2)N2Cc3ccccc3CN=C2S1.Cl.Cl.Cl. The van der Waals surface area contributed by atoms with Gasteiger partial charge < -0.3 is 10.2 Å². The molecule has 2 aromatic rings. The molecule has 0 aliphatic carbocycles. The van der Waals surface area contributed by atoms with Crippen LogP contribution in [0.4, 0.5) is 5.82 Å². The number of anilines is 1. The fraction of sp³-hybridized carbons (Fsp3) is 0.211. The lowest BCUT2D eigenvalue weighted by molar-refractivity contribution is 0.529. The summed E-state index contributed by atoms with van der Waals surface area (Å²) in [6.45, 7) is 2.34. The van der Waals surface area contributed by atoms with Crippen molar-refractivity contribution in [3.63, 3.8) is 0 Å². The Kier molecular flexibility index (Phi) is 8.73. The van der Waals surface area contributed by atoms with Crippen LogP contribution in [-0.4, -0.2) is 26.0 Å². The van der Waals surface area contributed by atoms with Gasteiger partial charge in [0.25, 0.3) is 0 Å². The second kappa shape index (κ2) is 10.6. The van der Waals surface area contributed by atoms with Crippen LogP contribution in [0.2, 0.25) is 0 Å². The Morgan fingerprint density at radius 3 is 2.59 bits per heavy atom. The zero-order valence-electron chi connectivity index (χ0n) is 15.3. The highest BCUT2D eigenvalue weighted by atomic mass is 35.5. The molecule has 0 bridgehead atoms. The molecule has 4 heterocycles. The van der Waals surface area contributed by atoms with Gasteiger partial charge in [-0.05, 0) is 22.6 Å². The predicted octanol–water partition coefficient (Wildman–Crippen LogP) is 5.32. The topological polar surface area (TPSA) is 52.9 Å². The van der Waals surface area contributed by atoms with Crippen molar-refractivity contribution in [3.05, 3.63) is 70.4 Å². The van der Waals surface area contributed by atoms with Crippen LogP contribution >= 0.6 is 60.7 Å². The molecule has 5 nitrogen and oxygen atoms in total. The van der Waals surface area contributed by atoms with E-state index in [-0.39, 0.29) is 37.2 Å². The van der Waals surface area contributed by atoms with Gasteiger partial charge in [0.05, 0.1) is 19.6 Å². The first-order valence-electron chi connectivity index (χ1n) is 8.49. The maximum absolute atomic E-state index is 4.79. The summed E-state index contributed by atoms with van der Waals surface area (Å²) in [5.41, 5.74) is 5.11. The van der Waals surface area contributed by atoms with Gasteiger partial charge in [0.15, 0.2) is 10.3 Å². The third kappa shape index (κ3) is 5.03. The van der Waals surface area contributed by atoms with Gasteiger partial charge in [-0.3, -0.25) is 9.98 Å². The molecule has 1 N–H and O–H groups in total. The number of hydrogen-bond acceptors (Lipinski definition) is 7. The van der Waals surface area contributed by atoms with Gasteiger partial charge in [-0.15, -0.1) is 37.2 Å². The molecule has 154 valence electrons. The number of pyridine rings is 1. The normalized spacial score (nSPS) is 16.0. The number of nitrogens with zero attached hydrogens (tertiary/aromatic N) is 4. The minimum Gasteiger partial charge on any atom is -0.319 e. The Labute approximate surface area is 197 Å². The molecular weight excluding hydrogens is 469 g/mol. The van der Waals surface area contributed by atoms with Gasteiger partial charge in [0.2, 0.25) is 0 Å². The van der Waals surface area contributed by atoms with Crippen molar-refractivity contribution in [3.8, 4) is 0 Å². The third-order valence-corrected chi connectivity index (χ3v) is 6.47. The monoisotopic (exact) mass is 487 g/mol. The first-order chi connectivity index (χ1) is 12.9. The summed E-state index contributed by atoms with van der Waals surface area (Å²) in [5, 5.41) is 7.59. The molecule has 1 aromatic heterocycles. The van der Waals surface area contributed by atoms with E-state index < -0.39 is 0 Å². The highest BCUT2D eigenvalue weighted by Gasteiger charge is 2.26. The maximum atomic E-state index is 4.79. The van der Waals surface area contributed by atoms with E-state index in [2.05, 4.69) is 55.9 Å². The Bertz CT molecular complexity index is 964. The molecule has 10 heteroatoms. The van der Waals surface area contributed by atoms with Gasteiger partial charge in [0, 0.05) is 23.2 Å². The van der Waals surface area contributed by atoms with Gasteiger partial charge in [-0.2, -0.15) is 0 Å². The Morgan fingerprint density at radius 2 is 1.72 bits per heavy atom. The van der Waals surface area contributed by atoms with Crippen molar-refractivity contribution >= 4 is 76.9 Å². The number of aliphatic imine (C=N–C) groups is 2. The van der Waals surface area contributed by atoms with Crippen molar-refractivity contribution in [1.29, 1.82) is 0 Å². The number of fused-ring (bicyclic) bond motifs is 3. The number of amidine groups is 2. The average Bonchev–Trinajstić information content (AvgIpc) is 2.97. The predicted molar refractivity (Wildman–Crippen MR) is 132 cm³/mol. The van der Waals surface area contributed by atoms with E-state index in [0.717, 1.165) is 40.6 Å². The molecule has 29 heavy (non-hydrogen) atoms. The van der Waals surface area contributed by atoms with Crippen LogP contribution < -0.4 is 5.32 Å². The number of benzene rings is 1. The summed E-state index contributed by atoms with van der Waals surface area (Å²) in [6.07, 6.45) is 1.81. The van der Waals surface area contributed by atoms with E-state index in [4.69, 9.17) is 4.99 Å². The van der Waals surface area contributed by atoms with Crippen molar-refractivity contribution in [1.82, 2.24) is 9.88 Å². The van der Waals surface area contributed by atoms with Gasteiger partial charge >= 0.3 is 0 Å². The van der Waals surface area contributed by atoms with Crippen LogP contribution in [0, 0.1) is 0 Å². The summed E-state index contributed by atoms with van der Waals surface area (Å²) in [4.78, 5) is 16.2. The first-order valence-corrected chi connectivity index (χ1v) is 10.4. The van der Waals surface area contributed by atoms with E-state index in [9.17, 15) is 0 Å². The molecule has 0 amide bonds. The summed E-state index contributed by atoms with van der Waals surface area (Å²) >= 11 is 3.44. The Balaban J connectivity index is 0.000001000. The van der Waals surface area contributed by atoms with Gasteiger partial charge in [-0.1, -0.05) is 53.9 Å². The van der Waals surface area contributed by atoms with Crippen molar-refractivity contribution < 1.29 is 0 Å². The van der Waals surface area contributed by atoms with Crippen molar-refractivity contribution in [2.24, 2.45) is 9.98 Å². The number of rotatable bonds is 2. The molecule has 0 radical (unpaired) electrons. The Hall–Kier alpha value is -1.38. The lowest BCUT2D eigenvalue weighted by Crippen LogP contribution is -2.25. The number of hydrogen-bond donors (Lipinski definition) is 1. The third-order valence-electron chi connectivity index (χ3n) is 4.58. The number of aromatic nitrogens is 1. The largest absolute Gasteiger partial charge is 0.319 e. The van der Waals surface area contributed by atoms with E-state index in [1.54, 1.807) is 23.5 Å². The minimum absolute atomic E-state index is 0. The first kappa shape index (κ1) is 23.9.